The average molecular weight is 353 g/mol. The molecule has 1 rings (SSSR count). The van der Waals surface area contributed by atoms with Crippen LogP contribution in [-0.4, -0.2) is 44.5 Å². The van der Waals surface area contributed by atoms with E-state index in [9.17, 15) is 9.59 Å². The van der Waals surface area contributed by atoms with Crippen molar-refractivity contribution >= 4 is 12.1 Å². The molecule has 25 heavy (non-hydrogen) atoms. The van der Waals surface area contributed by atoms with E-state index in [4.69, 9.17) is 18.9 Å². The summed E-state index contributed by atoms with van der Waals surface area (Å²) in [6.07, 6.45) is -0.440. The third kappa shape index (κ3) is 6.91. The second-order valence-corrected chi connectivity index (χ2v) is 6.34. The molecular weight excluding hydrogens is 326 g/mol. The van der Waals surface area contributed by atoms with Gasteiger partial charge in [-0.2, -0.15) is 0 Å². The number of alkyl carbamates (subject to hydrolysis) is 1. The first-order valence-electron chi connectivity index (χ1n) is 8.07. The van der Waals surface area contributed by atoms with Crippen LogP contribution in [0.5, 0.6) is 11.5 Å². The molecule has 0 saturated carbocycles. The molecule has 7 nitrogen and oxygen atoms in total. The monoisotopic (exact) mass is 353 g/mol. The predicted octanol–water partition coefficient (Wildman–Crippen LogP) is 2.70. The number of ether oxygens (including phenoxy) is 4. The molecule has 0 aliphatic heterocycles. The summed E-state index contributed by atoms with van der Waals surface area (Å²) in [5.74, 6) is 0.599. The molecular formula is C18H27NO6. The number of carbonyl (C=O) groups excluding carboxylic acids is 2. The van der Waals surface area contributed by atoms with E-state index in [1.165, 1.54) is 7.11 Å². The SMILES string of the molecule is CCOC(=O)[C@@H](Cc1ccc(OC)c(OC)c1)NC(=O)OC(C)(C)C. The topological polar surface area (TPSA) is 83.1 Å². The van der Waals surface area contributed by atoms with Crippen molar-refractivity contribution in [1.29, 1.82) is 0 Å². The Morgan fingerprint density at radius 3 is 2.28 bits per heavy atom. The molecule has 1 aromatic rings. The summed E-state index contributed by atoms with van der Waals surface area (Å²) in [4.78, 5) is 24.2. The lowest BCUT2D eigenvalue weighted by molar-refractivity contribution is -0.145. The molecule has 0 bridgehead atoms. The zero-order chi connectivity index (χ0) is 19.0. The van der Waals surface area contributed by atoms with Gasteiger partial charge in [-0.3, -0.25) is 0 Å². The molecule has 0 radical (unpaired) electrons. The Kier molecular flexibility index (Phi) is 7.54. The van der Waals surface area contributed by atoms with Crippen LogP contribution in [0.1, 0.15) is 33.3 Å². The molecule has 1 N–H and O–H groups in total. The Hall–Kier alpha value is -2.44. The number of hydrogen-bond donors (Lipinski definition) is 1. The number of amides is 1. The van der Waals surface area contributed by atoms with Crippen LogP contribution in [0.2, 0.25) is 0 Å². The molecule has 1 amide bonds. The van der Waals surface area contributed by atoms with Gasteiger partial charge in [-0.15, -0.1) is 0 Å². The second kappa shape index (κ2) is 9.15. The zero-order valence-electron chi connectivity index (χ0n) is 15.7. The summed E-state index contributed by atoms with van der Waals surface area (Å²) < 4.78 is 20.7. The van der Waals surface area contributed by atoms with Gasteiger partial charge in [0, 0.05) is 6.42 Å². The molecule has 0 aliphatic carbocycles. The summed E-state index contributed by atoms with van der Waals surface area (Å²) in [5, 5.41) is 2.56. The highest BCUT2D eigenvalue weighted by molar-refractivity contribution is 5.81. The van der Waals surface area contributed by atoms with E-state index in [-0.39, 0.29) is 13.0 Å². The number of rotatable bonds is 7. The average Bonchev–Trinajstić information content (AvgIpc) is 2.52. The lowest BCUT2D eigenvalue weighted by Gasteiger charge is -2.23. The molecule has 1 atom stereocenters. The van der Waals surface area contributed by atoms with Crippen LogP contribution in [0, 0.1) is 0 Å². The first-order chi connectivity index (χ1) is 11.7. The maximum atomic E-state index is 12.2. The van der Waals surface area contributed by atoms with Crippen LogP contribution in [0.3, 0.4) is 0 Å². The minimum Gasteiger partial charge on any atom is -0.493 e. The molecule has 7 heteroatoms. The summed E-state index contributed by atoms with van der Waals surface area (Å²) in [6, 6.07) is 4.42. The lowest BCUT2D eigenvalue weighted by Crippen LogP contribution is -2.45. The van der Waals surface area contributed by atoms with Crippen molar-refractivity contribution in [1.82, 2.24) is 5.32 Å². The fraction of sp³-hybridized carbons (Fsp3) is 0.556. The van der Waals surface area contributed by atoms with Gasteiger partial charge < -0.3 is 24.3 Å². The van der Waals surface area contributed by atoms with E-state index >= 15 is 0 Å². The van der Waals surface area contributed by atoms with E-state index in [2.05, 4.69) is 5.32 Å². The Bertz CT molecular complexity index is 594. The van der Waals surface area contributed by atoms with E-state index in [0.29, 0.717) is 11.5 Å². The molecule has 0 aromatic heterocycles. The quantitative estimate of drug-likeness (QED) is 0.759. The van der Waals surface area contributed by atoms with Gasteiger partial charge in [-0.25, -0.2) is 9.59 Å². The van der Waals surface area contributed by atoms with Crippen LogP contribution in [0.4, 0.5) is 4.79 Å². The van der Waals surface area contributed by atoms with Crippen molar-refractivity contribution in [2.75, 3.05) is 20.8 Å². The summed E-state index contributed by atoms with van der Waals surface area (Å²) in [7, 11) is 3.08. The highest BCUT2D eigenvalue weighted by atomic mass is 16.6. The van der Waals surface area contributed by atoms with Crippen LogP contribution in [0.25, 0.3) is 0 Å². The molecule has 1 aromatic carbocycles. The minimum absolute atomic E-state index is 0.220. The summed E-state index contributed by atoms with van der Waals surface area (Å²) in [5.41, 5.74) is 0.124. The van der Waals surface area contributed by atoms with Gasteiger partial charge in [0.1, 0.15) is 11.6 Å². The summed E-state index contributed by atoms with van der Waals surface area (Å²) >= 11 is 0. The standard InChI is InChI=1S/C18H27NO6/c1-7-24-16(20)13(19-17(21)25-18(2,3)4)10-12-8-9-14(22-5)15(11-12)23-6/h8-9,11,13H,7,10H2,1-6H3,(H,19,21)/t13-/m1/s1. The van der Waals surface area contributed by atoms with E-state index in [1.807, 2.05) is 0 Å². The Balaban J connectivity index is 2.93. The van der Waals surface area contributed by atoms with Gasteiger partial charge in [0.2, 0.25) is 0 Å². The van der Waals surface area contributed by atoms with Crippen LogP contribution in [-0.2, 0) is 20.7 Å². The fourth-order valence-corrected chi connectivity index (χ4v) is 2.13. The number of esters is 1. The number of hydrogen-bond acceptors (Lipinski definition) is 6. The number of carbonyl (C=O) groups is 2. The van der Waals surface area contributed by atoms with Crippen molar-refractivity contribution in [3.05, 3.63) is 23.8 Å². The Morgan fingerprint density at radius 2 is 1.76 bits per heavy atom. The molecule has 140 valence electrons. The second-order valence-electron chi connectivity index (χ2n) is 6.34. The van der Waals surface area contributed by atoms with Crippen molar-refractivity contribution in [3.63, 3.8) is 0 Å². The maximum Gasteiger partial charge on any atom is 0.408 e. The predicted molar refractivity (Wildman–Crippen MR) is 93.0 cm³/mol. The van der Waals surface area contributed by atoms with Crippen molar-refractivity contribution < 1.29 is 28.5 Å². The number of nitrogens with one attached hydrogen (secondary N) is 1. The molecule has 0 aliphatic rings. The van der Waals surface area contributed by atoms with Gasteiger partial charge in [0.15, 0.2) is 11.5 Å². The van der Waals surface area contributed by atoms with Gasteiger partial charge in [0.05, 0.1) is 20.8 Å². The first kappa shape index (κ1) is 20.6. The van der Waals surface area contributed by atoms with E-state index in [1.54, 1.807) is 53.0 Å². The summed E-state index contributed by atoms with van der Waals surface area (Å²) in [6.45, 7) is 7.18. The molecule has 0 saturated heterocycles. The van der Waals surface area contributed by atoms with Gasteiger partial charge >= 0.3 is 12.1 Å². The third-order valence-corrected chi connectivity index (χ3v) is 3.15. The van der Waals surface area contributed by atoms with Crippen LogP contribution in [0.15, 0.2) is 18.2 Å². The first-order valence-corrected chi connectivity index (χ1v) is 8.07. The number of benzene rings is 1. The van der Waals surface area contributed by atoms with Crippen LogP contribution >= 0.6 is 0 Å². The Labute approximate surface area is 148 Å². The van der Waals surface area contributed by atoms with E-state index < -0.39 is 23.7 Å². The largest absolute Gasteiger partial charge is 0.493 e. The smallest absolute Gasteiger partial charge is 0.408 e. The van der Waals surface area contributed by atoms with Crippen molar-refractivity contribution in [2.24, 2.45) is 0 Å². The highest BCUT2D eigenvalue weighted by Crippen LogP contribution is 2.28. The zero-order valence-corrected chi connectivity index (χ0v) is 15.7. The molecule has 0 heterocycles. The van der Waals surface area contributed by atoms with Gasteiger partial charge in [-0.05, 0) is 45.4 Å². The van der Waals surface area contributed by atoms with Gasteiger partial charge in [-0.1, -0.05) is 6.07 Å². The normalized spacial score (nSPS) is 12.1. The Morgan fingerprint density at radius 1 is 1.12 bits per heavy atom. The maximum absolute atomic E-state index is 12.2. The minimum atomic E-state index is -0.868. The highest BCUT2D eigenvalue weighted by Gasteiger charge is 2.26. The molecule has 0 spiro atoms. The van der Waals surface area contributed by atoms with Crippen molar-refractivity contribution in [2.45, 2.75) is 45.8 Å². The van der Waals surface area contributed by atoms with Crippen molar-refractivity contribution in [3.8, 4) is 11.5 Å². The lowest BCUT2D eigenvalue weighted by atomic mass is 10.1. The van der Waals surface area contributed by atoms with Crippen LogP contribution < -0.4 is 14.8 Å². The molecule has 0 unspecified atom stereocenters. The van der Waals surface area contributed by atoms with E-state index in [0.717, 1.165) is 5.56 Å². The fourth-order valence-electron chi connectivity index (χ4n) is 2.13. The molecule has 0 fully saturated rings. The third-order valence-electron chi connectivity index (χ3n) is 3.15. The number of methoxy groups -OCH3 is 2. The van der Waals surface area contributed by atoms with Gasteiger partial charge in [0.25, 0.3) is 0 Å².